The number of carboxylic acid groups (broad SMARTS) is 1. The third kappa shape index (κ3) is 3.30. The summed E-state index contributed by atoms with van der Waals surface area (Å²) in [5.74, 6) is 1.74. The molecule has 4 rings (SSSR count). The monoisotopic (exact) mass is 329 g/mol. The third-order valence-electron chi connectivity index (χ3n) is 6.24. The molecule has 1 aliphatic heterocycles. The van der Waals surface area contributed by atoms with Crippen LogP contribution in [0, 0.1) is 11.8 Å². The van der Waals surface area contributed by atoms with Crippen molar-refractivity contribution in [3.05, 3.63) is 35.4 Å². The Hall–Kier alpha value is -1.55. The van der Waals surface area contributed by atoms with E-state index in [2.05, 4.69) is 24.3 Å². The number of hydrogen-bond donors (Lipinski definition) is 1. The second-order valence-electron chi connectivity index (χ2n) is 7.84. The number of amides is 1. The molecular formula is C20H27NO3. The van der Waals surface area contributed by atoms with Crippen LogP contribution in [0.2, 0.25) is 0 Å². The van der Waals surface area contributed by atoms with E-state index in [0.29, 0.717) is 37.6 Å². The minimum Gasteiger partial charge on any atom is -0.465 e. The van der Waals surface area contributed by atoms with Gasteiger partial charge in [0, 0.05) is 13.1 Å². The highest BCUT2D eigenvalue weighted by atomic mass is 16.5. The maximum atomic E-state index is 11.1. The van der Waals surface area contributed by atoms with Crippen LogP contribution in [0.1, 0.15) is 55.6 Å². The summed E-state index contributed by atoms with van der Waals surface area (Å²) in [5, 5.41) is 9.10. The van der Waals surface area contributed by atoms with Gasteiger partial charge in [0.1, 0.15) is 0 Å². The molecule has 2 aliphatic carbocycles. The molecule has 3 fully saturated rings. The van der Waals surface area contributed by atoms with Crippen LogP contribution in [0.5, 0.6) is 0 Å². The fourth-order valence-corrected chi connectivity index (χ4v) is 4.95. The molecule has 0 aromatic heterocycles. The third-order valence-corrected chi connectivity index (χ3v) is 6.24. The fraction of sp³-hybridized carbons (Fsp3) is 0.650. The average molecular weight is 329 g/mol. The van der Waals surface area contributed by atoms with Crippen LogP contribution in [0.25, 0.3) is 0 Å². The first-order valence-corrected chi connectivity index (χ1v) is 9.37. The molecule has 1 N–H and O–H groups in total. The van der Waals surface area contributed by atoms with Crippen molar-refractivity contribution in [2.24, 2.45) is 11.8 Å². The van der Waals surface area contributed by atoms with E-state index in [0.717, 1.165) is 18.8 Å². The first-order valence-electron chi connectivity index (χ1n) is 9.37. The smallest absolute Gasteiger partial charge is 0.407 e. The van der Waals surface area contributed by atoms with Gasteiger partial charge in [-0.1, -0.05) is 37.1 Å². The Kier molecular flexibility index (Phi) is 4.49. The Morgan fingerprint density at radius 1 is 1.17 bits per heavy atom. The molecule has 1 saturated heterocycles. The quantitative estimate of drug-likeness (QED) is 0.898. The summed E-state index contributed by atoms with van der Waals surface area (Å²) in [6.07, 6.45) is 6.93. The number of nitrogens with zero attached hydrogens (tertiary/aromatic N) is 1. The van der Waals surface area contributed by atoms with Crippen molar-refractivity contribution < 1.29 is 14.6 Å². The molecule has 4 nitrogen and oxygen atoms in total. The zero-order valence-corrected chi connectivity index (χ0v) is 14.2. The molecule has 1 aromatic carbocycles. The molecule has 2 saturated carbocycles. The van der Waals surface area contributed by atoms with Crippen LogP contribution in [0.3, 0.4) is 0 Å². The standard InChI is InChI=1S/C20H27NO3/c22-20(23)21-11-17-9-19(10-18(17)12-21)24-13-14-4-3-7-16(8-14)15-5-1-2-6-15/h3-4,7-8,15,17-19H,1-2,5-6,9-13H2,(H,22,23)/t17-,18+,19-. The highest BCUT2D eigenvalue weighted by Gasteiger charge is 2.42. The first kappa shape index (κ1) is 15.9. The Morgan fingerprint density at radius 3 is 2.54 bits per heavy atom. The minimum atomic E-state index is -0.773. The van der Waals surface area contributed by atoms with Crippen LogP contribution in [0.15, 0.2) is 24.3 Å². The van der Waals surface area contributed by atoms with Gasteiger partial charge in [-0.3, -0.25) is 0 Å². The van der Waals surface area contributed by atoms with Crippen molar-refractivity contribution in [3.8, 4) is 0 Å². The topological polar surface area (TPSA) is 49.8 Å². The van der Waals surface area contributed by atoms with Crippen molar-refractivity contribution in [1.82, 2.24) is 4.90 Å². The van der Waals surface area contributed by atoms with Gasteiger partial charge in [-0.2, -0.15) is 0 Å². The van der Waals surface area contributed by atoms with E-state index in [1.165, 1.54) is 36.8 Å². The number of fused-ring (bicyclic) bond motifs is 1. The highest BCUT2D eigenvalue weighted by molar-refractivity contribution is 5.65. The SMILES string of the molecule is O=C(O)N1C[C@H]2C[C@@H](OCc3cccc(C4CCCC4)c3)C[C@H]2C1. The van der Waals surface area contributed by atoms with Gasteiger partial charge in [0.2, 0.25) is 0 Å². The average Bonchev–Trinajstić information content (AvgIpc) is 3.28. The van der Waals surface area contributed by atoms with Crippen LogP contribution in [-0.2, 0) is 11.3 Å². The Morgan fingerprint density at radius 2 is 1.88 bits per heavy atom. The van der Waals surface area contributed by atoms with E-state index in [4.69, 9.17) is 9.84 Å². The van der Waals surface area contributed by atoms with Crippen molar-refractivity contribution in [2.75, 3.05) is 13.1 Å². The lowest BCUT2D eigenvalue weighted by atomic mass is 9.96. The molecule has 1 heterocycles. The summed E-state index contributed by atoms with van der Waals surface area (Å²) >= 11 is 0. The van der Waals surface area contributed by atoms with Gasteiger partial charge < -0.3 is 14.7 Å². The van der Waals surface area contributed by atoms with Gasteiger partial charge >= 0.3 is 6.09 Å². The molecule has 1 amide bonds. The van der Waals surface area contributed by atoms with Crippen molar-refractivity contribution in [3.63, 3.8) is 0 Å². The Balaban J connectivity index is 1.29. The van der Waals surface area contributed by atoms with Gasteiger partial charge in [0.15, 0.2) is 0 Å². The zero-order chi connectivity index (χ0) is 16.5. The molecule has 3 aliphatic rings. The summed E-state index contributed by atoms with van der Waals surface area (Å²) in [5.41, 5.74) is 2.76. The predicted molar refractivity (Wildman–Crippen MR) is 92.0 cm³/mol. The van der Waals surface area contributed by atoms with Crippen LogP contribution >= 0.6 is 0 Å². The summed E-state index contributed by atoms with van der Waals surface area (Å²) in [4.78, 5) is 12.6. The fourth-order valence-electron chi connectivity index (χ4n) is 4.95. The first-order chi connectivity index (χ1) is 11.7. The van der Waals surface area contributed by atoms with Crippen molar-refractivity contribution in [1.29, 1.82) is 0 Å². The predicted octanol–water partition coefficient (Wildman–Crippen LogP) is 4.25. The molecular weight excluding hydrogens is 302 g/mol. The molecule has 0 unspecified atom stereocenters. The van der Waals surface area contributed by atoms with Gasteiger partial charge in [-0.25, -0.2) is 4.79 Å². The summed E-state index contributed by atoms with van der Waals surface area (Å²) < 4.78 is 6.17. The molecule has 130 valence electrons. The van der Waals surface area contributed by atoms with Gasteiger partial charge in [-0.15, -0.1) is 0 Å². The zero-order valence-electron chi connectivity index (χ0n) is 14.2. The number of likely N-dealkylation sites (tertiary alicyclic amines) is 1. The maximum absolute atomic E-state index is 11.1. The van der Waals surface area contributed by atoms with Gasteiger partial charge in [0.05, 0.1) is 12.7 Å². The van der Waals surface area contributed by atoms with E-state index in [1.54, 1.807) is 4.90 Å². The Bertz CT molecular complexity index is 582. The van der Waals surface area contributed by atoms with E-state index in [-0.39, 0.29) is 0 Å². The summed E-state index contributed by atoms with van der Waals surface area (Å²) in [7, 11) is 0. The molecule has 3 atom stereocenters. The largest absolute Gasteiger partial charge is 0.465 e. The lowest BCUT2D eigenvalue weighted by Gasteiger charge is -2.17. The lowest BCUT2D eigenvalue weighted by Crippen LogP contribution is -2.28. The normalized spacial score (nSPS) is 30.0. The molecule has 0 radical (unpaired) electrons. The summed E-state index contributed by atoms with van der Waals surface area (Å²) in [6, 6.07) is 8.93. The Labute approximate surface area is 143 Å². The van der Waals surface area contributed by atoms with Gasteiger partial charge in [0.25, 0.3) is 0 Å². The number of rotatable bonds is 4. The number of ether oxygens (including phenoxy) is 1. The molecule has 1 aromatic rings. The molecule has 0 bridgehead atoms. The minimum absolute atomic E-state index is 0.297. The van der Waals surface area contributed by atoms with E-state index >= 15 is 0 Å². The summed E-state index contributed by atoms with van der Waals surface area (Å²) in [6.45, 7) is 2.07. The van der Waals surface area contributed by atoms with E-state index in [1.807, 2.05) is 0 Å². The molecule has 4 heteroatoms. The van der Waals surface area contributed by atoms with E-state index < -0.39 is 6.09 Å². The maximum Gasteiger partial charge on any atom is 0.407 e. The second-order valence-corrected chi connectivity index (χ2v) is 7.84. The van der Waals surface area contributed by atoms with Crippen LogP contribution in [0.4, 0.5) is 4.79 Å². The number of carbonyl (C=O) groups is 1. The lowest BCUT2D eigenvalue weighted by molar-refractivity contribution is 0.0375. The van der Waals surface area contributed by atoms with Crippen molar-refractivity contribution in [2.45, 2.75) is 57.2 Å². The molecule has 24 heavy (non-hydrogen) atoms. The molecule has 0 spiro atoms. The van der Waals surface area contributed by atoms with Crippen LogP contribution in [-0.4, -0.2) is 35.3 Å². The highest BCUT2D eigenvalue weighted by Crippen LogP contribution is 2.40. The van der Waals surface area contributed by atoms with Crippen LogP contribution < -0.4 is 0 Å². The van der Waals surface area contributed by atoms with Crippen molar-refractivity contribution >= 4 is 6.09 Å². The number of benzene rings is 1. The van der Waals surface area contributed by atoms with Gasteiger partial charge in [-0.05, 0) is 54.6 Å². The number of hydrogen-bond acceptors (Lipinski definition) is 2. The second kappa shape index (κ2) is 6.75. The van der Waals surface area contributed by atoms with E-state index in [9.17, 15) is 4.79 Å².